The maximum Gasteiger partial charge on any atom is 0.336 e. The van der Waals surface area contributed by atoms with Gasteiger partial charge in [-0.25, -0.2) is 9.59 Å². The molecule has 5 rings (SSSR count). The maximum atomic E-state index is 12.5. The number of aryl methyl sites for hydroxylation is 2. The van der Waals surface area contributed by atoms with E-state index in [2.05, 4.69) is 9.98 Å². The van der Waals surface area contributed by atoms with Crippen LogP contribution in [0.15, 0.2) is 89.1 Å². The van der Waals surface area contributed by atoms with Crippen LogP contribution >= 0.6 is 0 Å². The first-order valence-corrected chi connectivity index (χ1v) is 12.1. The van der Waals surface area contributed by atoms with Gasteiger partial charge in [0.1, 0.15) is 11.2 Å². The van der Waals surface area contributed by atoms with E-state index < -0.39 is 22.0 Å². The van der Waals surface area contributed by atoms with Crippen LogP contribution in [0.5, 0.6) is 11.5 Å². The molecule has 2 N–H and O–H groups in total. The van der Waals surface area contributed by atoms with Crippen molar-refractivity contribution in [3.8, 4) is 11.5 Å². The van der Waals surface area contributed by atoms with E-state index >= 15 is 0 Å². The Morgan fingerprint density at radius 1 is 0.667 bits per heavy atom. The number of fused-ring (bicyclic) bond motifs is 2. The number of para-hydroxylation sites is 2. The second-order valence-electron chi connectivity index (χ2n) is 8.69. The maximum absolute atomic E-state index is 12.5. The van der Waals surface area contributed by atoms with Crippen molar-refractivity contribution in [2.45, 2.75) is 13.8 Å². The van der Waals surface area contributed by atoms with Gasteiger partial charge < -0.3 is 61.1 Å². The zero-order valence-corrected chi connectivity index (χ0v) is 27.3. The third-order valence-electron chi connectivity index (χ3n) is 5.78. The number of nitrogens with zero attached hydrogens (tertiary/aromatic N) is 4. The van der Waals surface area contributed by atoms with Crippen LogP contribution in [0.4, 0.5) is 11.4 Å². The molecule has 45 heavy (non-hydrogen) atoms. The molecule has 17 heteroatoms. The summed E-state index contributed by atoms with van der Waals surface area (Å²) in [5.41, 5.74) is 1.67. The fraction of sp³-hybridized carbons (Fsp3) is 0.0714. The summed E-state index contributed by atoms with van der Waals surface area (Å²) in [5.74, 6) is -0.698. The molecule has 0 radical (unpaired) electrons. The second-order valence-corrected chi connectivity index (χ2v) is 8.69. The SMILES string of the molecule is Cc1cc(=O)oc2c(C=Nc3ccccc3N=Cc3c([O-])ccc4c(C)cc(=O)oc34)c([O-])ccc12.[O-]N([O-])O.[O-]N([O-])O.[Th]. The summed E-state index contributed by atoms with van der Waals surface area (Å²) in [4.78, 5) is 32.6. The van der Waals surface area contributed by atoms with Crippen molar-refractivity contribution in [3.63, 3.8) is 0 Å². The number of benzene rings is 3. The molecule has 0 unspecified atom stereocenters. The normalized spacial score (nSPS) is 11.1. The third kappa shape index (κ3) is 10.3. The predicted molar refractivity (Wildman–Crippen MR) is 155 cm³/mol. The molecule has 0 aliphatic carbocycles. The van der Waals surface area contributed by atoms with Gasteiger partial charge in [0.15, 0.2) is 0 Å². The van der Waals surface area contributed by atoms with Gasteiger partial charge in [0.25, 0.3) is 0 Å². The smallest absolute Gasteiger partial charge is 0.336 e. The van der Waals surface area contributed by atoms with Crippen molar-refractivity contribution in [1.29, 1.82) is 0 Å². The van der Waals surface area contributed by atoms with Gasteiger partial charge in [-0.05, 0) is 37.1 Å². The van der Waals surface area contributed by atoms with Crippen molar-refractivity contribution < 1.29 is 69.4 Å². The summed E-state index contributed by atoms with van der Waals surface area (Å²) >= 11 is 0. The molecule has 5 aromatic rings. The van der Waals surface area contributed by atoms with E-state index in [1.807, 2.05) is 0 Å². The number of hydrogen-bond acceptors (Lipinski definition) is 16. The minimum Gasteiger partial charge on any atom is -0.872 e. The van der Waals surface area contributed by atoms with Gasteiger partial charge in [-0.3, -0.25) is 9.98 Å². The van der Waals surface area contributed by atoms with E-state index in [1.165, 1.54) is 36.7 Å². The van der Waals surface area contributed by atoms with Crippen LogP contribution in [0.3, 0.4) is 0 Å². The van der Waals surface area contributed by atoms with E-state index in [-0.39, 0.29) is 73.7 Å². The monoisotopic (exact) mass is 836 g/mol. The van der Waals surface area contributed by atoms with Gasteiger partial charge in [-0.2, -0.15) is 0 Å². The van der Waals surface area contributed by atoms with E-state index in [4.69, 9.17) is 40.1 Å². The molecule has 0 bridgehead atoms. The van der Waals surface area contributed by atoms with Crippen LogP contribution in [0.2, 0.25) is 0 Å². The summed E-state index contributed by atoms with van der Waals surface area (Å²) in [6, 6.07) is 15.6. The molecule has 0 aliphatic rings. The summed E-state index contributed by atoms with van der Waals surface area (Å²) < 4.78 is 10.6. The van der Waals surface area contributed by atoms with Crippen molar-refractivity contribution in [2.24, 2.45) is 9.98 Å². The minimum absolute atomic E-state index is 0. The quantitative estimate of drug-likeness (QED) is 0.149. The molecule has 3 aromatic carbocycles. The average Bonchev–Trinajstić information content (AvgIpc) is 2.91. The Bertz CT molecular complexity index is 1810. The van der Waals surface area contributed by atoms with Gasteiger partial charge >= 0.3 is 11.3 Å². The van der Waals surface area contributed by atoms with E-state index in [9.17, 15) is 19.8 Å². The summed E-state index contributed by atoms with van der Waals surface area (Å²) in [6.45, 7) is 3.52. The van der Waals surface area contributed by atoms with Crippen LogP contribution in [0.25, 0.3) is 21.9 Å². The van der Waals surface area contributed by atoms with Crippen LogP contribution in [0, 0.1) is 74.6 Å². The van der Waals surface area contributed by atoms with Crippen molar-refractivity contribution in [3.05, 3.63) is 125 Å². The summed E-state index contributed by atoms with van der Waals surface area (Å²) in [6.07, 6.45) is 2.67. The Labute approximate surface area is 284 Å². The first-order chi connectivity index (χ1) is 20.8. The standard InChI is InChI=1S/C28H20N2O6.2HNO3.Th/c1-15-11-25(33)35-27-17(15)7-9-23(31)19(27)13-29-21-5-3-4-6-22(21)30-14-20-24(32)10-8-18-16(2)12-26(34)36-28(18)20;2*2-1(3)4;/h3-14,31-32H,1-2H3;2*2H;/q;2*-2;/p-2. The van der Waals surface area contributed by atoms with E-state index in [0.29, 0.717) is 33.3 Å². The topological polar surface area (TPSA) is 270 Å². The molecule has 2 aromatic heterocycles. The Hall–Kier alpha value is -3.98. The molecule has 0 fully saturated rings. The van der Waals surface area contributed by atoms with Crippen molar-refractivity contribution in [1.82, 2.24) is 10.8 Å². The molecule has 0 saturated heterocycles. The first-order valence-electron chi connectivity index (χ1n) is 12.1. The number of aliphatic imine (C=N–C) groups is 2. The molecule has 16 nitrogen and oxygen atoms in total. The van der Waals surface area contributed by atoms with Crippen molar-refractivity contribution in [2.75, 3.05) is 0 Å². The van der Waals surface area contributed by atoms with Crippen LogP contribution < -0.4 is 21.5 Å². The van der Waals surface area contributed by atoms with Crippen LogP contribution in [0.1, 0.15) is 22.3 Å². The van der Waals surface area contributed by atoms with Gasteiger partial charge in [-0.15, -0.1) is 0 Å². The average molecular weight is 837 g/mol. The van der Waals surface area contributed by atoms with E-state index in [0.717, 1.165) is 0 Å². The fourth-order valence-corrected chi connectivity index (χ4v) is 3.97. The van der Waals surface area contributed by atoms with Crippen molar-refractivity contribution >= 4 is 45.7 Å². The molecule has 0 spiro atoms. The third-order valence-corrected chi connectivity index (χ3v) is 5.78. The number of rotatable bonds is 4. The predicted octanol–water partition coefficient (Wildman–Crippen LogP) is 3.51. The molecule has 2 heterocycles. The molecule has 0 aliphatic heterocycles. The molecule has 234 valence electrons. The zero-order valence-electron chi connectivity index (χ0n) is 23.2. The fourth-order valence-electron chi connectivity index (χ4n) is 3.97. The Morgan fingerprint density at radius 3 is 1.33 bits per heavy atom. The molecule has 0 atom stereocenters. The Balaban J connectivity index is 0.000000704. The van der Waals surface area contributed by atoms with E-state index in [1.54, 1.807) is 50.2 Å². The Kier molecular flexibility index (Phi) is 14.0. The van der Waals surface area contributed by atoms with Crippen LogP contribution in [-0.4, -0.2) is 33.6 Å². The van der Waals surface area contributed by atoms with Gasteiger partial charge in [-0.1, -0.05) is 47.9 Å². The van der Waals surface area contributed by atoms with Gasteiger partial charge in [0, 0.05) is 86.4 Å². The second kappa shape index (κ2) is 16.9. The number of hydrogen-bond donors (Lipinski definition) is 2. The van der Waals surface area contributed by atoms with Gasteiger partial charge in [0.2, 0.25) is 0 Å². The van der Waals surface area contributed by atoms with Gasteiger partial charge in [0.05, 0.1) is 11.4 Å². The molecule has 0 saturated carbocycles. The summed E-state index contributed by atoms with van der Waals surface area (Å²) in [7, 11) is 0. The Morgan fingerprint density at radius 2 is 1.00 bits per heavy atom. The molecular formula is C28H20N4O12Th-6. The first kappa shape index (κ1) is 37.2. The molecule has 0 amide bonds. The summed E-state index contributed by atoms with van der Waals surface area (Å²) in [5, 5.41) is 70.3. The zero-order chi connectivity index (χ0) is 32.6. The van der Waals surface area contributed by atoms with Crippen LogP contribution in [-0.2, 0) is 0 Å². The molecular weight excluding hydrogens is 816 g/mol. The minimum atomic E-state index is -1.50. The largest absolute Gasteiger partial charge is 0.872 e.